The number of amides is 2. The number of anilines is 2. The van der Waals surface area contributed by atoms with E-state index < -0.39 is 11.8 Å². The minimum Gasteiger partial charge on any atom is -0.490 e. The number of carbonyl (C=O) groups excluding carboxylic acids is 2. The Morgan fingerprint density at radius 3 is 2.19 bits per heavy atom. The van der Waals surface area contributed by atoms with Crippen LogP contribution < -0.4 is 20.1 Å². The van der Waals surface area contributed by atoms with Gasteiger partial charge in [0.2, 0.25) is 0 Å². The third kappa shape index (κ3) is 4.99. The van der Waals surface area contributed by atoms with Crippen molar-refractivity contribution in [2.45, 2.75) is 27.7 Å². The van der Waals surface area contributed by atoms with Gasteiger partial charge in [-0.05, 0) is 57.0 Å². The van der Waals surface area contributed by atoms with Gasteiger partial charge in [0.15, 0.2) is 11.5 Å². The summed E-state index contributed by atoms with van der Waals surface area (Å²) in [6.45, 7) is 8.49. The van der Waals surface area contributed by atoms with Crippen molar-refractivity contribution in [2.24, 2.45) is 0 Å². The van der Waals surface area contributed by atoms with Crippen molar-refractivity contribution in [2.75, 3.05) is 23.8 Å². The zero-order valence-electron chi connectivity index (χ0n) is 15.5. The lowest BCUT2D eigenvalue weighted by atomic mass is 10.1. The molecule has 0 aromatic heterocycles. The van der Waals surface area contributed by atoms with Crippen LogP contribution in [0, 0.1) is 13.8 Å². The first-order chi connectivity index (χ1) is 12.4. The minimum atomic E-state index is -0.752. The number of aryl methyl sites for hydroxylation is 2. The number of rotatable bonds is 6. The maximum absolute atomic E-state index is 12.2. The highest BCUT2D eigenvalue weighted by Crippen LogP contribution is 2.30. The van der Waals surface area contributed by atoms with E-state index in [9.17, 15) is 9.59 Å². The molecule has 0 aliphatic rings. The summed E-state index contributed by atoms with van der Waals surface area (Å²) >= 11 is 0. The molecule has 0 heterocycles. The van der Waals surface area contributed by atoms with Gasteiger partial charge >= 0.3 is 11.8 Å². The second-order valence-electron chi connectivity index (χ2n) is 5.75. The molecule has 2 aromatic rings. The maximum Gasteiger partial charge on any atom is 0.314 e. The van der Waals surface area contributed by atoms with Crippen LogP contribution in [0.1, 0.15) is 25.0 Å². The van der Waals surface area contributed by atoms with E-state index >= 15 is 0 Å². The molecule has 2 rings (SSSR count). The molecular formula is C20H24N2O4. The topological polar surface area (TPSA) is 76.7 Å². The van der Waals surface area contributed by atoms with E-state index in [-0.39, 0.29) is 0 Å². The molecule has 0 bridgehead atoms. The summed E-state index contributed by atoms with van der Waals surface area (Å²) in [6, 6.07) is 10.7. The average Bonchev–Trinajstić information content (AvgIpc) is 2.60. The first-order valence-electron chi connectivity index (χ1n) is 8.53. The van der Waals surface area contributed by atoms with Crippen LogP contribution in [0.2, 0.25) is 0 Å². The zero-order valence-corrected chi connectivity index (χ0v) is 15.5. The normalized spacial score (nSPS) is 10.2. The van der Waals surface area contributed by atoms with Crippen molar-refractivity contribution in [3.8, 4) is 11.5 Å². The Bertz CT molecular complexity index is 802. The molecule has 26 heavy (non-hydrogen) atoms. The maximum atomic E-state index is 12.2. The number of nitrogens with one attached hydrogen (secondary N) is 2. The predicted octanol–water partition coefficient (Wildman–Crippen LogP) is 3.68. The van der Waals surface area contributed by atoms with Gasteiger partial charge in [-0.2, -0.15) is 0 Å². The molecule has 0 unspecified atom stereocenters. The van der Waals surface area contributed by atoms with Crippen LogP contribution in [-0.4, -0.2) is 25.0 Å². The number of carbonyl (C=O) groups is 2. The number of hydrogen-bond acceptors (Lipinski definition) is 4. The van der Waals surface area contributed by atoms with Gasteiger partial charge in [0.1, 0.15) is 0 Å². The van der Waals surface area contributed by atoms with Crippen LogP contribution >= 0.6 is 0 Å². The van der Waals surface area contributed by atoms with Gasteiger partial charge in [0.25, 0.3) is 0 Å². The molecule has 2 aromatic carbocycles. The summed E-state index contributed by atoms with van der Waals surface area (Å²) in [4.78, 5) is 24.4. The van der Waals surface area contributed by atoms with E-state index in [4.69, 9.17) is 9.47 Å². The molecule has 0 aliphatic carbocycles. The SMILES string of the molecule is CCOc1ccc(NC(=O)C(=O)Nc2cc(C)ccc2C)cc1OCC. The minimum absolute atomic E-state index is 0.456. The van der Waals surface area contributed by atoms with Gasteiger partial charge in [-0.1, -0.05) is 12.1 Å². The Morgan fingerprint density at radius 1 is 0.846 bits per heavy atom. The summed E-state index contributed by atoms with van der Waals surface area (Å²) in [5.41, 5.74) is 2.96. The van der Waals surface area contributed by atoms with Gasteiger partial charge in [-0.3, -0.25) is 9.59 Å². The summed E-state index contributed by atoms with van der Waals surface area (Å²) in [5.74, 6) is -0.377. The first-order valence-corrected chi connectivity index (χ1v) is 8.53. The molecule has 6 heteroatoms. The molecular weight excluding hydrogens is 332 g/mol. The van der Waals surface area contributed by atoms with E-state index in [1.54, 1.807) is 18.2 Å². The Kier molecular flexibility index (Phi) is 6.60. The molecule has 0 saturated carbocycles. The average molecular weight is 356 g/mol. The summed E-state index contributed by atoms with van der Waals surface area (Å²) < 4.78 is 11.0. The smallest absolute Gasteiger partial charge is 0.314 e. The summed E-state index contributed by atoms with van der Waals surface area (Å²) in [5, 5.41) is 5.21. The number of benzene rings is 2. The van der Waals surface area contributed by atoms with Crippen LogP contribution in [0.4, 0.5) is 11.4 Å². The Morgan fingerprint density at radius 2 is 1.50 bits per heavy atom. The van der Waals surface area contributed by atoms with Gasteiger partial charge < -0.3 is 20.1 Å². The fourth-order valence-corrected chi connectivity index (χ4v) is 2.37. The molecule has 0 spiro atoms. The summed E-state index contributed by atoms with van der Waals surface area (Å²) in [7, 11) is 0. The van der Waals surface area contributed by atoms with Crippen molar-refractivity contribution in [1.29, 1.82) is 0 Å². The first kappa shape index (κ1) is 19.3. The van der Waals surface area contributed by atoms with Crippen LogP contribution in [-0.2, 0) is 9.59 Å². The highest BCUT2D eigenvalue weighted by atomic mass is 16.5. The lowest BCUT2D eigenvalue weighted by Crippen LogP contribution is -2.29. The van der Waals surface area contributed by atoms with Gasteiger partial charge in [0.05, 0.1) is 13.2 Å². The molecule has 0 saturated heterocycles. The largest absolute Gasteiger partial charge is 0.490 e. The molecule has 138 valence electrons. The zero-order chi connectivity index (χ0) is 19.1. The molecule has 0 radical (unpaired) electrons. The van der Waals surface area contributed by atoms with E-state index in [1.807, 2.05) is 45.9 Å². The second-order valence-corrected chi connectivity index (χ2v) is 5.75. The number of ether oxygens (including phenoxy) is 2. The molecule has 2 N–H and O–H groups in total. The summed E-state index contributed by atoms with van der Waals surface area (Å²) in [6.07, 6.45) is 0. The molecule has 0 fully saturated rings. The third-order valence-electron chi connectivity index (χ3n) is 3.65. The standard InChI is InChI=1S/C20H24N2O4/c1-5-25-17-10-9-15(12-18(17)26-6-2)21-19(23)20(24)22-16-11-13(3)7-8-14(16)4/h7-12H,5-6H2,1-4H3,(H,21,23)(H,22,24). The van der Waals surface area contributed by atoms with Crippen molar-refractivity contribution >= 4 is 23.2 Å². The van der Waals surface area contributed by atoms with E-state index in [0.29, 0.717) is 36.1 Å². The highest BCUT2D eigenvalue weighted by molar-refractivity contribution is 6.43. The van der Waals surface area contributed by atoms with Gasteiger partial charge in [-0.25, -0.2) is 0 Å². The Balaban J connectivity index is 2.09. The second kappa shape index (κ2) is 8.89. The van der Waals surface area contributed by atoms with Crippen LogP contribution in [0.3, 0.4) is 0 Å². The fourth-order valence-electron chi connectivity index (χ4n) is 2.37. The van der Waals surface area contributed by atoms with Crippen LogP contribution in [0.25, 0.3) is 0 Å². The molecule has 2 amide bonds. The number of hydrogen-bond donors (Lipinski definition) is 2. The van der Waals surface area contributed by atoms with Crippen molar-refractivity contribution in [3.05, 3.63) is 47.5 Å². The van der Waals surface area contributed by atoms with Crippen molar-refractivity contribution < 1.29 is 19.1 Å². The third-order valence-corrected chi connectivity index (χ3v) is 3.65. The fraction of sp³-hybridized carbons (Fsp3) is 0.300. The quantitative estimate of drug-likeness (QED) is 0.774. The highest BCUT2D eigenvalue weighted by Gasteiger charge is 2.16. The molecule has 6 nitrogen and oxygen atoms in total. The van der Waals surface area contributed by atoms with Crippen molar-refractivity contribution in [1.82, 2.24) is 0 Å². The van der Waals surface area contributed by atoms with Gasteiger partial charge in [0, 0.05) is 17.4 Å². The van der Waals surface area contributed by atoms with Gasteiger partial charge in [-0.15, -0.1) is 0 Å². The molecule has 0 atom stereocenters. The lowest BCUT2D eigenvalue weighted by molar-refractivity contribution is -0.133. The predicted molar refractivity (Wildman–Crippen MR) is 102 cm³/mol. The van der Waals surface area contributed by atoms with E-state index in [2.05, 4.69) is 10.6 Å². The van der Waals surface area contributed by atoms with Crippen LogP contribution in [0.15, 0.2) is 36.4 Å². The van der Waals surface area contributed by atoms with Crippen molar-refractivity contribution in [3.63, 3.8) is 0 Å². The molecule has 0 aliphatic heterocycles. The van der Waals surface area contributed by atoms with E-state index in [1.165, 1.54) is 0 Å². The lowest BCUT2D eigenvalue weighted by Gasteiger charge is -2.13. The van der Waals surface area contributed by atoms with E-state index in [0.717, 1.165) is 11.1 Å². The monoisotopic (exact) mass is 356 g/mol. The Hall–Kier alpha value is -3.02. The van der Waals surface area contributed by atoms with Crippen LogP contribution in [0.5, 0.6) is 11.5 Å². The Labute approximate surface area is 153 Å².